The largest absolute Gasteiger partial charge is 0.496 e. The first kappa shape index (κ1) is 11.3. The summed E-state index contributed by atoms with van der Waals surface area (Å²) in [4.78, 5) is 0. The number of rotatable bonds is 4. The summed E-state index contributed by atoms with van der Waals surface area (Å²) in [5, 5.41) is 10.3. The number of aliphatic hydroxyl groups excluding tert-OH is 1. The van der Waals surface area contributed by atoms with Gasteiger partial charge in [0, 0.05) is 5.56 Å². The molecule has 14 heavy (non-hydrogen) atoms. The number of methoxy groups -OCH3 is 1. The van der Waals surface area contributed by atoms with Crippen molar-refractivity contribution in [3.63, 3.8) is 0 Å². The maximum Gasteiger partial charge on any atom is 0.126 e. The molecule has 0 aliphatic carbocycles. The summed E-state index contributed by atoms with van der Waals surface area (Å²) in [6.07, 6.45) is -0.191. The van der Waals surface area contributed by atoms with Crippen LogP contribution in [0.4, 0.5) is 0 Å². The standard InChI is InChI=1S/C10H14ClNO2/c1-14-9-4-2-3-7(11)10(9)8(13)5-6-12/h2-4,8,13H,5-6,12H2,1H3/t8-/m1/s1. The minimum Gasteiger partial charge on any atom is -0.496 e. The predicted octanol–water partition coefficient (Wildman–Crippen LogP) is 1.73. The van der Waals surface area contributed by atoms with E-state index in [-0.39, 0.29) is 0 Å². The Balaban J connectivity index is 3.03. The highest BCUT2D eigenvalue weighted by molar-refractivity contribution is 6.31. The van der Waals surface area contributed by atoms with E-state index in [1.54, 1.807) is 25.3 Å². The minimum absolute atomic E-state index is 0.412. The summed E-state index contributed by atoms with van der Waals surface area (Å²) >= 11 is 5.96. The van der Waals surface area contributed by atoms with E-state index in [4.69, 9.17) is 22.1 Å². The second kappa shape index (κ2) is 5.20. The molecule has 0 amide bonds. The third kappa shape index (κ3) is 2.38. The topological polar surface area (TPSA) is 55.5 Å². The van der Waals surface area contributed by atoms with Gasteiger partial charge in [0.1, 0.15) is 5.75 Å². The zero-order chi connectivity index (χ0) is 10.6. The molecule has 0 radical (unpaired) electrons. The highest BCUT2D eigenvalue weighted by Gasteiger charge is 2.15. The Kier molecular flexibility index (Phi) is 4.20. The maximum atomic E-state index is 9.77. The third-order valence-corrected chi connectivity index (χ3v) is 2.34. The number of ether oxygens (including phenoxy) is 1. The fourth-order valence-corrected chi connectivity index (χ4v) is 1.61. The monoisotopic (exact) mass is 215 g/mol. The van der Waals surface area contributed by atoms with Crippen LogP contribution in [0, 0.1) is 0 Å². The quantitative estimate of drug-likeness (QED) is 0.805. The second-order valence-electron chi connectivity index (χ2n) is 2.95. The molecular formula is C10H14ClNO2. The van der Waals surface area contributed by atoms with Crippen molar-refractivity contribution in [2.75, 3.05) is 13.7 Å². The van der Waals surface area contributed by atoms with Crippen molar-refractivity contribution >= 4 is 11.6 Å². The molecule has 0 aromatic heterocycles. The van der Waals surface area contributed by atoms with Gasteiger partial charge in [-0.25, -0.2) is 0 Å². The fourth-order valence-electron chi connectivity index (χ4n) is 1.32. The van der Waals surface area contributed by atoms with Crippen LogP contribution in [0.25, 0.3) is 0 Å². The van der Waals surface area contributed by atoms with Crippen molar-refractivity contribution in [1.29, 1.82) is 0 Å². The summed E-state index contributed by atoms with van der Waals surface area (Å²) in [6.45, 7) is 0.412. The van der Waals surface area contributed by atoms with Gasteiger partial charge in [-0.1, -0.05) is 17.7 Å². The lowest BCUT2D eigenvalue weighted by Gasteiger charge is -2.15. The molecule has 0 aliphatic rings. The third-order valence-electron chi connectivity index (χ3n) is 2.01. The van der Waals surface area contributed by atoms with Crippen LogP contribution in [-0.2, 0) is 0 Å². The SMILES string of the molecule is COc1cccc(Cl)c1[C@H](O)CCN. The van der Waals surface area contributed by atoms with E-state index < -0.39 is 6.10 Å². The van der Waals surface area contributed by atoms with Crippen LogP contribution in [0.2, 0.25) is 5.02 Å². The molecule has 3 N–H and O–H groups in total. The molecule has 0 spiro atoms. The van der Waals surface area contributed by atoms with Gasteiger partial charge in [-0.05, 0) is 25.1 Å². The van der Waals surface area contributed by atoms with E-state index in [9.17, 15) is 5.11 Å². The molecule has 0 saturated heterocycles. The van der Waals surface area contributed by atoms with Gasteiger partial charge in [-0.15, -0.1) is 0 Å². The van der Waals surface area contributed by atoms with E-state index in [2.05, 4.69) is 0 Å². The lowest BCUT2D eigenvalue weighted by Crippen LogP contribution is -2.08. The summed E-state index contributed by atoms with van der Waals surface area (Å²) in [5.74, 6) is 0.596. The normalized spacial score (nSPS) is 12.6. The maximum absolute atomic E-state index is 9.77. The van der Waals surface area contributed by atoms with E-state index >= 15 is 0 Å². The number of nitrogens with two attached hydrogens (primary N) is 1. The first-order chi connectivity index (χ1) is 6.70. The molecule has 3 nitrogen and oxygen atoms in total. The van der Waals surface area contributed by atoms with E-state index in [0.717, 1.165) is 0 Å². The van der Waals surface area contributed by atoms with Crippen molar-refractivity contribution in [3.8, 4) is 5.75 Å². The Labute approximate surface area is 88.4 Å². The molecule has 0 saturated carbocycles. The van der Waals surface area contributed by atoms with Gasteiger partial charge in [0.25, 0.3) is 0 Å². The van der Waals surface area contributed by atoms with Crippen molar-refractivity contribution in [2.24, 2.45) is 5.73 Å². The fraction of sp³-hybridized carbons (Fsp3) is 0.400. The Morgan fingerprint density at radius 3 is 2.86 bits per heavy atom. The van der Waals surface area contributed by atoms with Gasteiger partial charge in [0.15, 0.2) is 0 Å². The molecule has 1 rings (SSSR count). The van der Waals surface area contributed by atoms with Crippen LogP contribution in [0.1, 0.15) is 18.1 Å². The molecule has 0 fully saturated rings. The van der Waals surface area contributed by atoms with Crippen LogP contribution in [0.5, 0.6) is 5.75 Å². The van der Waals surface area contributed by atoms with Gasteiger partial charge in [-0.2, -0.15) is 0 Å². The molecule has 0 aliphatic heterocycles. The molecule has 4 heteroatoms. The minimum atomic E-state index is -0.663. The molecule has 0 unspecified atom stereocenters. The zero-order valence-electron chi connectivity index (χ0n) is 8.03. The molecule has 0 bridgehead atoms. The Morgan fingerprint density at radius 1 is 1.57 bits per heavy atom. The Morgan fingerprint density at radius 2 is 2.29 bits per heavy atom. The Bertz CT molecular complexity index is 304. The second-order valence-corrected chi connectivity index (χ2v) is 3.36. The van der Waals surface area contributed by atoms with Crippen LogP contribution in [0.15, 0.2) is 18.2 Å². The zero-order valence-corrected chi connectivity index (χ0v) is 8.79. The first-order valence-electron chi connectivity index (χ1n) is 4.41. The van der Waals surface area contributed by atoms with Crippen LogP contribution >= 0.6 is 11.6 Å². The van der Waals surface area contributed by atoms with Crippen LogP contribution in [0.3, 0.4) is 0 Å². The van der Waals surface area contributed by atoms with Crippen molar-refractivity contribution in [2.45, 2.75) is 12.5 Å². The van der Waals surface area contributed by atoms with Crippen molar-refractivity contribution in [3.05, 3.63) is 28.8 Å². The number of hydrogen-bond donors (Lipinski definition) is 2. The van der Waals surface area contributed by atoms with Gasteiger partial charge in [-0.3, -0.25) is 0 Å². The van der Waals surface area contributed by atoms with Crippen LogP contribution in [-0.4, -0.2) is 18.8 Å². The molecular weight excluding hydrogens is 202 g/mol. The van der Waals surface area contributed by atoms with Gasteiger partial charge in [0.05, 0.1) is 18.2 Å². The lowest BCUT2D eigenvalue weighted by molar-refractivity contribution is 0.166. The van der Waals surface area contributed by atoms with Gasteiger partial charge >= 0.3 is 0 Å². The number of hydrogen-bond acceptors (Lipinski definition) is 3. The van der Waals surface area contributed by atoms with E-state index in [1.165, 1.54) is 0 Å². The number of benzene rings is 1. The van der Waals surface area contributed by atoms with Crippen LogP contribution < -0.4 is 10.5 Å². The summed E-state index contributed by atoms with van der Waals surface area (Å²) in [7, 11) is 1.55. The highest BCUT2D eigenvalue weighted by atomic mass is 35.5. The lowest BCUT2D eigenvalue weighted by atomic mass is 10.1. The summed E-state index contributed by atoms with van der Waals surface area (Å²) in [6, 6.07) is 5.26. The number of halogens is 1. The molecule has 1 aromatic rings. The molecule has 0 heterocycles. The molecule has 78 valence electrons. The van der Waals surface area contributed by atoms with Gasteiger partial charge < -0.3 is 15.6 Å². The Hall–Kier alpha value is -0.770. The highest BCUT2D eigenvalue weighted by Crippen LogP contribution is 2.33. The van der Waals surface area contributed by atoms with E-state index in [0.29, 0.717) is 29.3 Å². The number of aliphatic hydroxyl groups is 1. The first-order valence-corrected chi connectivity index (χ1v) is 4.79. The summed E-state index contributed by atoms with van der Waals surface area (Å²) in [5.41, 5.74) is 5.98. The average molecular weight is 216 g/mol. The van der Waals surface area contributed by atoms with Crippen molar-refractivity contribution in [1.82, 2.24) is 0 Å². The van der Waals surface area contributed by atoms with Crippen molar-refractivity contribution < 1.29 is 9.84 Å². The smallest absolute Gasteiger partial charge is 0.126 e. The predicted molar refractivity (Wildman–Crippen MR) is 56.6 cm³/mol. The summed E-state index contributed by atoms with van der Waals surface area (Å²) < 4.78 is 5.11. The van der Waals surface area contributed by atoms with E-state index in [1.807, 2.05) is 0 Å². The molecule has 1 aromatic carbocycles. The molecule has 1 atom stereocenters. The average Bonchev–Trinajstić information content (AvgIpc) is 2.17. The van der Waals surface area contributed by atoms with Gasteiger partial charge in [0.2, 0.25) is 0 Å².